The van der Waals surface area contributed by atoms with Crippen molar-refractivity contribution in [3.8, 4) is 0 Å². The summed E-state index contributed by atoms with van der Waals surface area (Å²) in [6.45, 7) is 5.71. The summed E-state index contributed by atoms with van der Waals surface area (Å²) in [5.74, 6) is -1.25. The van der Waals surface area contributed by atoms with Crippen LogP contribution >= 0.6 is 0 Å². The van der Waals surface area contributed by atoms with Crippen LogP contribution in [0.4, 0.5) is 5.69 Å². The molecule has 0 saturated carbocycles. The molecule has 0 bridgehead atoms. The van der Waals surface area contributed by atoms with Crippen molar-refractivity contribution in [1.82, 2.24) is 10.2 Å². The van der Waals surface area contributed by atoms with Crippen LogP contribution in [0.25, 0.3) is 0 Å². The smallest absolute Gasteiger partial charge is 0.313 e. The fraction of sp³-hybridized carbons (Fsp3) is 0.364. The summed E-state index contributed by atoms with van der Waals surface area (Å²) in [5.41, 5.74) is 2.90. The SMILES string of the molecule is Cc1ccc(NC(=O)C(=O)NCCCN2CCOC(c3ccccc3)C2)cc1. The summed E-state index contributed by atoms with van der Waals surface area (Å²) in [7, 11) is 0. The monoisotopic (exact) mass is 381 g/mol. The molecule has 3 rings (SSSR count). The second-order valence-corrected chi connectivity index (χ2v) is 7.00. The Morgan fingerprint density at radius 1 is 1.07 bits per heavy atom. The zero-order valence-corrected chi connectivity index (χ0v) is 16.2. The lowest BCUT2D eigenvalue weighted by molar-refractivity contribution is -0.136. The molecule has 1 atom stereocenters. The molecule has 0 radical (unpaired) electrons. The van der Waals surface area contributed by atoms with Gasteiger partial charge in [0.15, 0.2) is 0 Å². The molecule has 1 heterocycles. The molecule has 1 aliphatic heterocycles. The fourth-order valence-corrected chi connectivity index (χ4v) is 3.18. The lowest BCUT2D eigenvalue weighted by atomic mass is 10.1. The van der Waals surface area contributed by atoms with Gasteiger partial charge < -0.3 is 15.4 Å². The van der Waals surface area contributed by atoms with Gasteiger partial charge in [-0.1, -0.05) is 48.0 Å². The standard InChI is InChI=1S/C22H27N3O3/c1-17-8-10-19(11-9-17)24-22(27)21(26)23-12-5-13-25-14-15-28-20(16-25)18-6-3-2-4-7-18/h2-4,6-11,20H,5,12-16H2,1H3,(H,23,26)(H,24,27). The summed E-state index contributed by atoms with van der Waals surface area (Å²) in [5, 5.41) is 5.29. The van der Waals surface area contributed by atoms with E-state index in [0.29, 0.717) is 18.8 Å². The van der Waals surface area contributed by atoms with Crippen LogP contribution in [0.3, 0.4) is 0 Å². The normalized spacial score (nSPS) is 17.1. The van der Waals surface area contributed by atoms with Crippen LogP contribution in [0, 0.1) is 6.92 Å². The molecule has 2 aromatic carbocycles. The lowest BCUT2D eigenvalue weighted by Crippen LogP contribution is -2.41. The van der Waals surface area contributed by atoms with Gasteiger partial charge in [-0.3, -0.25) is 14.5 Å². The number of ether oxygens (including phenoxy) is 1. The molecule has 0 spiro atoms. The number of nitrogens with zero attached hydrogens (tertiary/aromatic N) is 1. The van der Waals surface area contributed by atoms with Crippen LogP contribution in [-0.2, 0) is 14.3 Å². The first-order valence-electron chi connectivity index (χ1n) is 9.66. The van der Waals surface area contributed by atoms with Crippen molar-refractivity contribution in [2.24, 2.45) is 0 Å². The quantitative estimate of drug-likeness (QED) is 0.596. The van der Waals surface area contributed by atoms with Gasteiger partial charge in [-0.25, -0.2) is 0 Å². The molecule has 0 aliphatic carbocycles. The average Bonchev–Trinajstić information content (AvgIpc) is 2.73. The highest BCUT2D eigenvalue weighted by atomic mass is 16.5. The number of anilines is 1. The first kappa shape index (κ1) is 20.0. The maximum atomic E-state index is 11.9. The molecule has 148 valence electrons. The van der Waals surface area contributed by atoms with Gasteiger partial charge in [0.1, 0.15) is 0 Å². The van der Waals surface area contributed by atoms with E-state index in [1.165, 1.54) is 5.56 Å². The summed E-state index contributed by atoms with van der Waals surface area (Å²) >= 11 is 0. The van der Waals surface area contributed by atoms with Gasteiger partial charge in [-0.2, -0.15) is 0 Å². The average molecular weight is 381 g/mol. The predicted molar refractivity (Wildman–Crippen MR) is 109 cm³/mol. The topological polar surface area (TPSA) is 70.7 Å². The summed E-state index contributed by atoms with van der Waals surface area (Å²) in [6.07, 6.45) is 0.871. The van der Waals surface area contributed by atoms with Crippen LogP contribution in [0.5, 0.6) is 0 Å². The van der Waals surface area contributed by atoms with Crippen molar-refractivity contribution in [3.63, 3.8) is 0 Å². The van der Waals surface area contributed by atoms with Crippen molar-refractivity contribution in [2.45, 2.75) is 19.4 Å². The van der Waals surface area contributed by atoms with Gasteiger partial charge in [-0.15, -0.1) is 0 Å². The van der Waals surface area contributed by atoms with Crippen LogP contribution in [0.2, 0.25) is 0 Å². The number of carbonyl (C=O) groups is 2. The van der Waals surface area contributed by atoms with Crippen LogP contribution in [-0.4, -0.2) is 49.5 Å². The Morgan fingerprint density at radius 2 is 1.82 bits per heavy atom. The summed E-state index contributed by atoms with van der Waals surface area (Å²) < 4.78 is 5.87. The molecule has 0 aromatic heterocycles. The minimum Gasteiger partial charge on any atom is -0.371 e. The van der Waals surface area contributed by atoms with Gasteiger partial charge in [0.05, 0.1) is 12.7 Å². The predicted octanol–water partition coefficient (Wildman–Crippen LogP) is 2.51. The fourth-order valence-electron chi connectivity index (χ4n) is 3.18. The summed E-state index contributed by atoms with van der Waals surface area (Å²) in [6, 6.07) is 17.6. The second kappa shape index (κ2) is 10.0. The van der Waals surface area contributed by atoms with E-state index in [-0.39, 0.29) is 6.10 Å². The number of aryl methyl sites for hydroxylation is 1. The molecular weight excluding hydrogens is 354 g/mol. The van der Waals surface area contributed by atoms with Crippen molar-refractivity contribution >= 4 is 17.5 Å². The molecular formula is C22H27N3O3. The molecule has 1 fully saturated rings. The Labute approximate surface area is 165 Å². The van der Waals surface area contributed by atoms with Crippen molar-refractivity contribution in [2.75, 3.05) is 38.1 Å². The zero-order chi connectivity index (χ0) is 19.8. The minimum atomic E-state index is -0.639. The molecule has 1 saturated heterocycles. The van der Waals surface area contributed by atoms with E-state index >= 15 is 0 Å². The van der Waals surface area contributed by atoms with E-state index in [1.54, 1.807) is 12.1 Å². The lowest BCUT2D eigenvalue weighted by Gasteiger charge is -2.33. The molecule has 2 amide bonds. The molecule has 1 unspecified atom stereocenters. The third kappa shape index (κ3) is 5.90. The van der Waals surface area contributed by atoms with E-state index in [2.05, 4.69) is 27.7 Å². The second-order valence-electron chi connectivity index (χ2n) is 7.00. The molecule has 6 heteroatoms. The van der Waals surface area contributed by atoms with Gasteiger partial charge in [-0.05, 0) is 31.0 Å². The Bertz CT molecular complexity index is 777. The highest BCUT2D eigenvalue weighted by Crippen LogP contribution is 2.21. The van der Waals surface area contributed by atoms with Crippen LogP contribution < -0.4 is 10.6 Å². The number of nitrogens with one attached hydrogen (secondary N) is 2. The van der Waals surface area contributed by atoms with Crippen molar-refractivity contribution in [1.29, 1.82) is 0 Å². The Hall–Kier alpha value is -2.70. The number of carbonyl (C=O) groups excluding carboxylic acids is 2. The Balaban J connectivity index is 1.36. The van der Waals surface area contributed by atoms with Crippen LogP contribution in [0.1, 0.15) is 23.7 Å². The van der Waals surface area contributed by atoms with E-state index < -0.39 is 11.8 Å². The number of hydrogen-bond acceptors (Lipinski definition) is 4. The molecule has 2 N–H and O–H groups in total. The molecule has 1 aliphatic rings. The number of rotatable bonds is 6. The third-order valence-corrected chi connectivity index (χ3v) is 4.77. The summed E-state index contributed by atoms with van der Waals surface area (Å²) in [4.78, 5) is 26.2. The first-order chi connectivity index (χ1) is 13.6. The maximum absolute atomic E-state index is 11.9. The van der Waals surface area contributed by atoms with E-state index in [0.717, 1.165) is 31.6 Å². The van der Waals surface area contributed by atoms with Crippen LogP contribution in [0.15, 0.2) is 54.6 Å². The van der Waals surface area contributed by atoms with Gasteiger partial charge in [0.25, 0.3) is 0 Å². The highest BCUT2D eigenvalue weighted by molar-refractivity contribution is 6.39. The molecule has 28 heavy (non-hydrogen) atoms. The number of benzene rings is 2. The zero-order valence-electron chi connectivity index (χ0n) is 16.2. The van der Waals surface area contributed by atoms with Gasteiger partial charge >= 0.3 is 11.8 Å². The minimum absolute atomic E-state index is 0.0878. The van der Waals surface area contributed by atoms with Crippen molar-refractivity contribution in [3.05, 3.63) is 65.7 Å². The van der Waals surface area contributed by atoms with Crippen molar-refractivity contribution < 1.29 is 14.3 Å². The van der Waals surface area contributed by atoms with E-state index in [1.807, 2.05) is 37.3 Å². The van der Waals surface area contributed by atoms with Gasteiger partial charge in [0, 0.05) is 31.9 Å². The Morgan fingerprint density at radius 3 is 2.57 bits per heavy atom. The van der Waals surface area contributed by atoms with E-state index in [9.17, 15) is 9.59 Å². The number of amides is 2. The number of morpholine rings is 1. The Kier molecular flexibility index (Phi) is 7.17. The highest BCUT2D eigenvalue weighted by Gasteiger charge is 2.21. The third-order valence-electron chi connectivity index (χ3n) is 4.77. The molecule has 2 aromatic rings. The largest absolute Gasteiger partial charge is 0.371 e. The van der Waals surface area contributed by atoms with Gasteiger partial charge in [0.2, 0.25) is 0 Å². The first-order valence-corrected chi connectivity index (χ1v) is 9.66. The van der Waals surface area contributed by atoms with E-state index in [4.69, 9.17) is 4.74 Å². The molecule has 6 nitrogen and oxygen atoms in total. The number of hydrogen-bond donors (Lipinski definition) is 2. The maximum Gasteiger partial charge on any atom is 0.313 e.